The minimum atomic E-state index is -4.76. The van der Waals surface area contributed by atoms with Gasteiger partial charge in [-0.2, -0.15) is 18.4 Å². The van der Waals surface area contributed by atoms with Gasteiger partial charge in [-0.15, -0.1) is 0 Å². The van der Waals surface area contributed by atoms with Crippen LogP contribution in [-0.4, -0.2) is 9.13 Å². The molecule has 50 heavy (non-hydrogen) atoms. The number of hydrogen-bond acceptors (Lipinski definition) is 1. The number of benzene rings is 6. The zero-order chi connectivity index (χ0) is 35.1. The molecule has 242 valence electrons. The molecule has 0 radical (unpaired) electrons. The molecule has 8 aromatic rings. The molecule has 0 unspecified atom stereocenters. The van der Waals surface area contributed by atoms with E-state index in [1.165, 1.54) is 12.1 Å². The second-order valence-electron chi connectivity index (χ2n) is 13.1. The van der Waals surface area contributed by atoms with Crippen molar-refractivity contribution in [1.29, 1.82) is 5.26 Å². The summed E-state index contributed by atoms with van der Waals surface area (Å²) >= 11 is 0. The highest BCUT2D eigenvalue weighted by atomic mass is 19.4. The Bertz CT molecular complexity index is 2700. The van der Waals surface area contributed by atoms with E-state index >= 15 is 0 Å². The molecule has 0 aliphatic heterocycles. The maximum Gasteiger partial charge on any atom is 0.415 e. The monoisotopic (exact) mass is 658 g/mol. The van der Waals surface area contributed by atoms with Crippen molar-refractivity contribution >= 4 is 49.3 Å². The number of halogens is 3. The Morgan fingerprint density at radius 2 is 1.02 bits per heavy atom. The van der Waals surface area contributed by atoms with Crippen LogP contribution in [0.25, 0.3) is 71.0 Å². The van der Waals surface area contributed by atoms with Gasteiger partial charge in [-0.25, -0.2) is 4.85 Å². The van der Waals surface area contributed by atoms with Gasteiger partial charge in [0.2, 0.25) is 0 Å². The van der Waals surface area contributed by atoms with Gasteiger partial charge in [0, 0.05) is 27.1 Å². The Hall–Kier alpha value is -6.31. The van der Waals surface area contributed by atoms with E-state index in [1.807, 2.05) is 64.1 Å². The average molecular weight is 659 g/mol. The van der Waals surface area contributed by atoms with E-state index in [0.717, 1.165) is 71.9 Å². The van der Waals surface area contributed by atoms with Crippen LogP contribution in [0, 0.1) is 45.6 Å². The van der Waals surface area contributed by atoms with Gasteiger partial charge in [0.25, 0.3) is 0 Å². The van der Waals surface area contributed by atoms with E-state index in [-0.39, 0.29) is 22.4 Å². The summed E-state index contributed by atoms with van der Waals surface area (Å²) in [6.45, 7) is 16.0. The molecule has 0 fully saturated rings. The molecular formula is C43H29F3N4. The summed E-state index contributed by atoms with van der Waals surface area (Å²) in [5.41, 5.74) is 7.74. The fourth-order valence-corrected chi connectivity index (χ4v) is 7.41. The topological polar surface area (TPSA) is 38.0 Å². The van der Waals surface area contributed by atoms with Crippen LogP contribution in [0.15, 0.2) is 103 Å². The number of nitrogens with zero attached hydrogens (tertiary/aromatic N) is 4. The molecule has 7 heteroatoms. The molecule has 0 amide bonds. The Morgan fingerprint density at radius 3 is 1.40 bits per heavy atom. The lowest BCUT2D eigenvalue weighted by molar-refractivity contribution is -0.137. The van der Waals surface area contributed by atoms with Crippen LogP contribution in [0.4, 0.5) is 18.9 Å². The molecule has 6 aromatic carbocycles. The molecule has 2 aromatic heterocycles. The van der Waals surface area contributed by atoms with Gasteiger partial charge in [0.1, 0.15) is 0 Å². The Balaban J connectivity index is 1.62. The predicted molar refractivity (Wildman–Crippen MR) is 195 cm³/mol. The molecule has 0 bridgehead atoms. The first kappa shape index (κ1) is 31.0. The van der Waals surface area contributed by atoms with Crippen molar-refractivity contribution in [2.45, 2.75) is 33.9 Å². The summed E-state index contributed by atoms with van der Waals surface area (Å²) in [4.78, 5) is 3.51. The van der Waals surface area contributed by atoms with Crippen molar-refractivity contribution < 1.29 is 13.2 Å². The summed E-state index contributed by atoms with van der Waals surface area (Å²) in [7, 11) is 0. The van der Waals surface area contributed by atoms with Gasteiger partial charge in [-0.1, -0.05) is 64.7 Å². The number of rotatable bonds is 3. The molecule has 0 aliphatic rings. The lowest BCUT2D eigenvalue weighted by atomic mass is 9.92. The fraction of sp³-hybridized carbons (Fsp3) is 0.116. The van der Waals surface area contributed by atoms with Gasteiger partial charge in [-0.05, 0) is 93.9 Å². The highest BCUT2D eigenvalue weighted by Crippen LogP contribution is 2.47. The van der Waals surface area contributed by atoms with Crippen LogP contribution in [0.5, 0.6) is 0 Å². The number of fused-ring (bicyclic) bond motifs is 6. The molecular weight excluding hydrogens is 629 g/mol. The first-order chi connectivity index (χ1) is 24.0. The van der Waals surface area contributed by atoms with Gasteiger partial charge < -0.3 is 9.13 Å². The molecule has 0 saturated heterocycles. The summed E-state index contributed by atoms with van der Waals surface area (Å²) < 4.78 is 48.2. The van der Waals surface area contributed by atoms with Crippen molar-refractivity contribution in [2.75, 3.05) is 0 Å². The molecule has 2 heterocycles. The summed E-state index contributed by atoms with van der Waals surface area (Å²) in [6.07, 6.45) is -4.76. The predicted octanol–water partition coefficient (Wildman–Crippen LogP) is 12.2. The van der Waals surface area contributed by atoms with Gasteiger partial charge in [-0.3, -0.25) is 0 Å². The molecule has 0 N–H and O–H groups in total. The van der Waals surface area contributed by atoms with Crippen LogP contribution in [0.1, 0.15) is 33.4 Å². The Labute approximate surface area is 286 Å². The summed E-state index contributed by atoms with van der Waals surface area (Å²) in [5.74, 6) is 0. The second kappa shape index (κ2) is 11.1. The average Bonchev–Trinajstić information content (AvgIpc) is 3.57. The van der Waals surface area contributed by atoms with Crippen molar-refractivity contribution in [2.24, 2.45) is 0 Å². The Kier molecular flexibility index (Phi) is 6.89. The molecule has 0 spiro atoms. The molecule has 0 atom stereocenters. The lowest BCUT2D eigenvalue weighted by Gasteiger charge is -2.21. The third-order valence-corrected chi connectivity index (χ3v) is 9.61. The third kappa shape index (κ3) is 4.66. The van der Waals surface area contributed by atoms with E-state index in [0.29, 0.717) is 11.4 Å². The molecule has 0 aliphatic carbocycles. The van der Waals surface area contributed by atoms with Crippen molar-refractivity contribution in [1.82, 2.24) is 9.13 Å². The number of aryl methyl sites for hydroxylation is 4. The van der Waals surface area contributed by atoms with Crippen molar-refractivity contribution in [3.63, 3.8) is 0 Å². The van der Waals surface area contributed by atoms with Crippen LogP contribution in [-0.2, 0) is 6.18 Å². The van der Waals surface area contributed by atoms with E-state index in [4.69, 9.17) is 6.57 Å². The largest absolute Gasteiger partial charge is 0.415 e. The smallest absolute Gasteiger partial charge is 0.307 e. The van der Waals surface area contributed by atoms with Gasteiger partial charge in [0.05, 0.1) is 57.2 Å². The number of alkyl halides is 3. The highest BCUT2D eigenvalue weighted by Gasteiger charge is 2.36. The lowest BCUT2D eigenvalue weighted by Crippen LogP contribution is -2.09. The van der Waals surface area contributed by atoms with Crippen molar-refractivity contribution in [3.05, 3.63) is 148 Å². The zero-order valence-electron chi connectivity index (χ0n) is 27.7. The van der Waals surface area contributed by atoms with Crippen LogP contribution in [0.3, 0.4) is 0 Å². The van der Waals surface area contributed by atoms with E-state index in [9.17, 15) is 18.4 Å². The standard InChI is InChI=1S/C43H29F3N4/c1-24-9-13-36-30(17-24)31-18-25(2)10-14-37(31)49(36)40-21-28(23-47)29(42-34(43(44,45)46)7-6-8-35(42)48-5)22-41(40)50-38-15-11-26(3)19-32(38)33-20-27(4)12-16-39(33)50/h6-22H,1-4H3. The number of aromatic nitrogens is 2. The van der Waals surface area contributed by atoms with E-state index in [2.05, 4.69) is 56.4 Å². The first-order valence-corrected chi connectivity index (χ1v) is 16.2. The van der Waals surface area contributed by atoms with Crippen LogP contribution >= 0.6 is 0 Å². The number of nitriles is 1. The van der Waals surface area contributed by atoms with Crippen molar-refractivity contribution in [3.8, 4) is 28.6 Å². The summed E-state index contributed by atoms with van der Waals surface area (Å²) in [5, 5.41) is 14.7. The summed E-state index contributed by atoms with van der Waals surface area (Å²) in [6, 6.07) is 34.0. The first-order valence-electron chi connectivity index (χ1n) is 16.2. The van der Waals surface area contributed by atoms with E-state index in [1.54, 1.807) is 12.1 Å². The molecule has 8 rings (SSSR count). The quantitative estimate of drug-likeness (QED) is 0.174. The van der Waals surface area contributed by atoms with Crippen LogP contribution in [0.2, 0.25) is 0 Å². The number of hydrogen-bond donors (Lipinski definition) is 0. The molecule has 4 nitrogen and oxygen atoms in total. The Morgan fingerprint density at radius 1 is 0.600 bits per heavy atom. The fourth-order valence-electron chi connectivity index (χ4n) is 7.41. The van der Waals surface area contributed by atoms with Gasteiger partial charge >= 0.3 is 6.18 Å². The van der Waals surface area contributed by atoms with Gasteiger partial charge in [0.15, 0.2) is 5.69 Å². The minimum Gasteiger partial charge on any atom is -0.307 e. The van der Waals surface area contributed by atoms with E-state index < -0.39 is 11.7 Å². The highest BCUT2D eigenvalue weighted by molar-refractivity contribution is 6.12. The SMILES string of the molecule is [C-]#[N+]c1cccc(C(F)(F)F)c1-c1cc(-n2c3ccc(C)cc3c3cc(C)ccc32)c(-n2c3ccc(C)cc3c3cc(C)ccc32)cc1C#N. The maximum atomic E-state index is 14.7. The normalized spacial score (nSPS) is 11.9. The minimum absolute atomic E-state index is 0.0343. The second-order valence-corrected chi connectivity index (χ2v) is 13.1. The molecule has 0 saturated carbocycles. The zero-order valence-corrected chi connectivity index (χ0v) is 27.7. The maximum absolute atomic E-state index is 14.7. The third-order valence-electron chi connectivity index (χ3n) is 9.61. The van der Waals surface area contributed by atoms with Crippen LogP contribution < -0.4 is 0 Å².